The van der Waals surface area contributed by atoms with E-state index in [2.05, 4.69) is 5.32 Å². The Kier molecular flexibility index (Phi) is 5.21. The Labute approximate surface area is 156 Å². The minimum Gasteiger partial charge on any atom is -0.493 e. The van der Waals surface area contributed by atoms with E-state index < -0.39 is 0 Å². The molecule has 6 heteroatoms. The van der Waals surface area contributed by atoms with Gasteiger partial charge in [0.1, 0.15) is 0 Å². The molecule has 0 unspecified atom stereocenters. The van der Waals surface area contributed by atoms with E-state index in [4.69, 9.17) is 32.7 Å². The van der Waals surface area contributed by atoms with Crippen molar-refractivity contribution in [2.75, 3.05) is 20.8 Å². The van der Waals surface area contributed by atoms with Gasteiger partial charge in [0.25, 0.3) is 0 Å². The number of fused-ring (bicyclic) bond motifs is 1. The number of methoxy groups -OCH3 is 2. The smallest absolute Gasteiger partial charge is 0.188 e. The first-order valence-electron chi connectivity index (χ1n) is 7.73. The fraction of sp³-hybridized carbons (Fsp3) is 0.211. The molecule has 2 aromatic carbocycles. The molecular weight excluding hydrogens is 361 g/mol. The molecule has 0 saturated carbocycles. The highest BCUT2D eigenvalue weighted by molar-refractivity contribution is 6.35. The van der Waals surface area contributed by atoms with Crippen molar-refractivity contribution >= 4 is 34.7 Å². The predicted octanol–water partition coefficient (Wildman–Crippen LogP) is 4.38. The van der Waals surface area contributed by atoms with Gasteiger partial charge in [-0.3, -0.25) is 4.79 Å². The van der Waals surface area contributed by atoms with Crippen LogP contribution in [0.15, 0.2) is 36.4 Å². The Morgan fingerprint density at radius 1 is 1.04 bits per heavy atom. The van der Waals surface area contributed by atoms with Crippen molar-refractivity contribution in [2.45, 2.75) is 6.42 Å². The Morgan fingerprint density at radius 2 is 1.68 bits per heavy atom. The molecule has 1 heterocycles. The van der Waals surface area contributed by atoms with E-state index in [0.29, 0.717) is 27.1 Å². The van der Waals surface area contributed by atoms with E-state index in [1.54, 1.807) is 38.5 Å². The maximum absolute atomic E-state index is 12.6. The van der Waals surface area contributed by atoms with Crippen LogP contribution in [0.5, 0.6) is 11.5 Å². The Hall–Kier alpha value is -2.17. The molecule has 0 aromatic heterocycles. The summed E-state index contributed by atoms with van der Waals surface area (Å²) in [6, 6.07) is 8.63. The lowest BCUT2D eigenvalue weighted by atomic mass is 9.95. The number of carbonyl (C=O) groups is 1. The first kappa shape index (κ1) is 17.6. The number of ketones is 1. The van der Waals surface area contributed by atoms with Gasteiger partial charge in [-0.1, -0.05) is 23.2 Å². The van der Waals surface area contributed by atoms with Gasteiger partial charge in [0.05, 0.1) is 14.2 Å². The zero-order chi connectivity index (χ0) is 18.0. The summed E-state index contributed by atoms with van der Waals surface area (Å²) in [5, 5.41) is 4.13. The summed E-state index contributed by atoms with van der Waals surface area (Å²) in [6.45, 7) is 0.734. The zero-order valence-electron chi connectivity index (χ0n) is 13.9. The molecule has 0 saturated heterocycles. The molecule has 3 rings (SSSR count). The molecule has 25 heavy (non-hydrogen) atoms. The van der Waals surface area contributed by atoms with Gasteiger partial charge < -0.3 is 14.8 Å². The van der Waals surface area contributed by atoms with Crippen molar-refractivity contribution in [2.24, 2.45) is 0 Å². The first-order valence-corrected chi connectivity index (χ1v) is 8.48. The van der Waals surface area contributed by atoms with Gasteiger partial charge in [0, 0.05) is 39.5 Å². The Balaban J connectivity index is 2.02. The number of rotatable bonds is 4. The van der Waals surface area contributed by atoms with Gasteiger partial charge in [-0.2, -0.15) is 0 Å². The van der Waals surface area contributed by atoms with Crippen molar-refractivity contribution in [1.29, 1.82) is 0 Å². The molecule has 4 nitrogen and oxygen atoms in total. The number of allylic oxidation sites excluding steroid dienone is 1. The van der Waals surface area contributed by atoms with Crippen molar-refractivity contribution in [1.82, 2.24) is 5.32 Å². The summed E-state index contributed by atoms with van der Waals surface area (Å²) in [5.74, 6) is 1.12. The van der Waals surface area contributed by atoms with Gasteiger partial charge in [-0.25, -0.2) is 0 Å². The molecule has 0 aliphatic carbocycles. The third kappa shape index (κ3) is 3.75. The highest BCUT2D eigenvalue weighted by Gasteiger charge is 2.19. The monoisotopic (exact) mass is 377 g/mol. The normalized spacial score (nSPS) is 14.6. The third-order valence-corrected chi connectivity index (χ3v) is 4.47. The van der Waals surface area contributed by atoms with Crippen LogP contribution in [0.1, 0.15) is 21.5 Å². The summed E-state index contributed by atoms with van der Waals surface area (Å²) in [6.07, 6.45) is 2.40. The predicted molar refractivity (Wildman–Crippen MR) is 100 cm³/mol. The van der Waals surface area contributed by atoms with Crippen LogP contribution in [0, 0.1) is 0 Å². The highest BCUT2D eigenvalue weighted by Crippen LogP contribution is 2.35. The molecule has 130 valence electrons. The van der Waals surface area contributed by atoms with E-state index in [1.165, 1.54) is 0 Å². The average Bonchev–Trinajstić information content (AvgIpc) is 2.59. The van der Waals surface area contributed by atoms with Crippen LogP contribution >= 0.6 is 23.2 Å². The molecule has 1 aliphatic heterocycles. The molecule has 0 amide bonds. The van der Waals surface area contributed by atoms with Crippen molar-refractivity contribution in [3.8, 4) is 11.5 Å². The van der Waals surface area contributed by atoms with Crippen LogP contribution in [0.2, 0.25) is 10.0 Å². The van der Waals surface area contributed by atoms with E-state index >= 15 is 0 Å². The second kappa shape index (κ2) is 7.38. The van der Waals surface area contributed by atoms with Gasteiger partial charge in [0.2, 0.25) is 0 Å². The maximum atomic E-state index is 12.6. The molecular formula is C19H17Cl2NO3. The van der Waals surface area contributed by atoms with Crippen molar-refractivity contribution in [3.63, 3.8) is 0 Å². The molecule has 0 spiro atoms. The Morgan fingerprint density at radius 3 is 2.32 bits per heavy atom. The lowest BCUT2D eigenvalue weighted by Gasteiger charge is -2.23. The second-order valence-electron chi connectivity index (χ2n) is 5.62. The van der Waals surface area contributed by atoms with E-state index in [1.807, 2.05) is 12.1 Å². The van der Waals surface area contributed by atoms with Gasteiger partial charge in [-0.15, -0.1) is 0 Å². The molecule has 0 bridgehead atoms. The first-order chi connectivity index (χ1) is 12.0. The number of hydrogen-bond donors (Lipinski definition) is 1. The fourth-order valence-corrected chi connectivity index (χ4v) is 3.37. The zero-order valence-corrected chi connectivity index (χ0v) is 15.4. The molecule has 1 aliphatic rings. The average molecular weight is 378 g/mol. The van der Waals surface area contributed by atoms with Crippen LogP contribution in [0.4, 0.5) is 0 Å². The third-order valence-electron chi connectivity index (χ3n) is 4.03. The van der Waals surface area contributed by atoms with Crippen LogP contribution in [-0.2, 0) is 6.42 Å². The Bertz CT molecular complexity index is 842. The number of benzene rings is 2. The van der Waals surface area contributed by atoms with E-state index in [-0.39, 0.29) is 5.78 Å². The fourth-order valence-electron chi connectivity index (χ4n) is 2.85. The number of hydrogen-bond acceptors (Lipinski definition) is 4. The summed E-state index contributed by atoms with van der Waals surface area (Å²) in [5.41, 5.74) is 3.20. The summed E-state index contributed by atoms with van der Waals surface area (Å²) in [4.78, 5) is 12.6. The summed E-state index contributed by atoms with van der Waals surface area (Å²) >= 11 is 12.0. The number of carbonyl (C=O) groups excluding carboxylic acids is 1. The molecule has 2 aromatic rings. The molecule has 0 radical (unpaired) electrons. The van der Waals surface area contributed by atoms with Crippen LogP contribution in [-0.4, -0.2) is 26.5 Å². The van der Waals surface area contributed by atoms with E-state index in [0.717, 1.165) is 29.8 Å². The van der Waals surface area contributed by atoms with Gasteiger partial charge in [-0.05, 0) is 42.3 Å². The summed E-state index contributed by atoms with van der Waals surface area (Å²) in [7, 11) is 3.19. The van der Waals surface area contributed by atoms with Crippen LogP contribution in [0.25, 0.3) is 5.70 Å². The molecule has 0 fully saturated rings. The lowest BCUT2D eigenvalue weighted by Crippen LogP contribution is -2.23. The van der Waals surface area contributed by atoms with Crippen LogP contribution in [0.3, 0.4) is 0 Å². The number of halogens is 2. The van der Waals surface area contributed by atoms with Crippen molar-refractivity contribution < 1.29 is 14.3 Å². The lowest BCUT2D eigenvalue weighted by molar-refractivity contribution is 0.104. The quantitative estimate of drug-likeness (QED) is 0.634. The number of nitrogens with one attached hydrogen (secondary N) is 1. The highest BCUT2D eigenvalue weighted by atomic mass is 35.5. The van der Waals surface area contributed by atoms with Crippen molar-refractivity contribution in [3.05, 3.63) is 63.1 Å². The van der Waals surface area contributed by atoms with Gasteiger partial charge >= 0.3 is 0 Å². The standard InChI is InChI=1S/C19H17Cl2NO3/c1-24-18-7-11-3-4-22-16(15(11)9-19(18)25-2)10-17(23)12-5-13(20)8-14(21)6-12/h5-10,22H,3-4H2,1-2H3. The second-order valence-corrected chi connectivity index (χ2v) is 6.49. The minimum absolute atomic E-state index is 0.172. The van der Waals surface area contributed by atoms with E-state index in [9.17, 15) is 4.79 Å². The molecule has 0 atom stereocenters. The van der Waals surface area contributed by atoms with Crippen LogP contribution < -0.4 is 14.8 Å². The maximum Gasteiger partial charge on any atom is 0.188 e. The SMILES string of the molecule is COc1cc2c(cc1OC)C(=CC(=O)c1cc(Cl)cc(Cl)c1)NCC2. The summed E-state index contributed by atoms with van der Waals surface area (Å²) < 4.78 is 10.7. The van der Waals surface area contributed by atoms with Gasteiger partial charge in [0.15, 0.2) is 17.3 Å². The minimum atomic E-state index is -0.172. The molecule has 1 N–H and O–H groups in total. The largest absolute Gasteiger partial charge is 0.493 e. The number of ether oxygens (including phenoxy) is 2. The topological polar surface area (TPSA) is 47.6 Å².